The van der Waals surface area contributed by atoms with E-state index in [0.29, 0.717) is 13.1 Å². The summed E-state index contributed by atoms with van der Waals surface area (Å²) < 4.78 is 6.27. The average Bonchev–Trinajstić information content (AvgIpc) is 3.06. The summed E-state index contributed by atoms with van der Waals surface area (Å²) in [5, 5.41) is 3.42. The topological polar surface area (TPSA) is 44.8 Å². The van der Waals surface area contributed by atoms with Crippen LogP contribution in [-0.2, 0) is 11.3 Å². The summed E-state index contributed by atoms with van der Waals surface area (Å²) in [4.78, 5) is 17.8. The Hall–Kier alpha value is -1.31. The van der Waals surface area contributed by atoms with E-state index in [1.165, 1.54) is 11.3 Å². The van der Waals surface area contributed by atoms with Gasteiger partial charge < -0.3 is 15.0 Å². The van der Waals surface area contributed by atoms with Crippen molar-refractivity contribution in [1.82, 2.24) is 15.1 Å². The van der Waals surface area contributed by atoms with E-state index in [1.54, 1.807) is 12.0 Å². The number of ether oxygens (including phenoxy) is 1. The molecule has 27 heavy (non-hydrogen) atoms. The number of hydrogen-bond acceptors (Lipinski definition) is 5. The zero-order valence-corrected chi connectivity index (χ0v) is 17.9. The molecule has 3 rings (SSSR count). The van der Waals surface area contributed by atoms with Crippen molar-refractivity contribution in [3.05, 3.63) is 51.2 Å². The number of methoxy groups -OCH3 is 1. The number of likely N-dealkylation sites (N-methyl/N-ethyl adjacent to an activating group) is 1. The van der Waals surface area contributed by atoms with Gasteiger partial charge in [0.2, 0.25) is 5.91 Å². The number of halogens is 2. The van der Waals surface area contributed by atoms with E-state index in [-0.39, 0.29) is 24.4 Å². The third kappa shape index (κ3) is 5.59. The van der Waals surface area contributed by atoms with Gasteiger partial charge in [-0.3, -0.25) is 9.69 Å². The molecule has 8 heteroatoms. The minimum absolute atomic E-state index is 0. The van der Waals surface area contributed by atoms with Gasteiger partial charge in [-0.25, -0.2) is 0 Å². The number of piperazine rings is 1. The molecule has 1 aromatic carbocycles. The number of carbonyl (C=O) groups excluding carboxylic acids is 1. The monoisotopic (exact) mass is 429 g/mol. The Morgan fingerprint density at radius 1 is 1.37 bits per heavy atom. The normalized spacial score (nSPS) is 17.2. The van der Waals surface area contributed by atoms with E-state index < -0.39 is 0 Å². The third-order valence-electron chi connectivity index (χ3n) is 4.64. The standard InChI is InChI=1S/C19H24ClN3O2S.ClH/c1-22(12-14-7-8-18(20)26-14)19(24)13-23-10-9-21-11-16(23)15-5-3-4-6-17(15)25-2;/h3-8,16,21H,9-13H2,1-2H3;1H. The molecular formula is C19H25Cl2N3O2S. The molecule has 1 unspecified atom stereocenters. The van der Waals surface area contributed by atoms with Gasteiger partial charge in [-0.1, -0.05) is 29.8 Å². The molecule has 5 nitrogen and oxygen atoms in total. The molecule has 2 heterocycles. The number of rotatable bonds is 6. The molecule has 1 saturated heterocycles. The van der Waals surface area contributed by atoms with Gasteiger partial charge in [-0.05, 0) is 18.2 Å². The fraction of sp³-hybridized carbons (Fsp3) is 0.421. The molecule has 1 aliphatic heterocycles. The maximum atomic E-state index is 12.8. The van der Waals surface area contributed by atoms with Gasteiger partial charge in [-0.15, -0.1) is 23.7 Å². The van der Waals surface area contributed by atoms with Crippen LogP contribution in [0.5, 0.6) is 5.75 Å². The van der Waals surface area contributed by atoms with Gasteiger partial charge in [-0.2, -0.15) is 0 Å². The molecule has 0 saturated carbocycles. The maximum absolute atomic E-state index is 12.8. The maximum Gasteiger partial charge on any atom is 0.236 e. The summed E-state index contributed by atoms with van der Waals surface area (Å²) in [5.74, 6) is 0.969. The predicted octanol–water partition coefficient (Wildman–Crippen LogP) is 3.44. The van der Waals surface area contributed by atoms with Crippen molar-refractivity contribution in [2.45, 2.75) is 12.6 Å². The van der Waals surface area contributed by atoms with Crippen LogP contribution in [0.1, 0.15) is 16.5 Å². The second-order valence-electron chi connectivity index (χ2n) is 6.39. The quantitative estimate of drug-likeness (QED) is 0.763. The van der Waals surface area contributed by atoms with Crippen molar-refractivity contribution < 1.29 is 9.53 Å². The number of nitrogens with one attached hydrogen (secondary N) is 1. The Bertz CT molecular complexity index is 756. The largest absolute Gasteiger partial charge is 0.496 e. The second-order valence-corrected chi connectivity index (χ2v) is 8.19. The SMILES string of the molecule is COc1ccccc1C1CNCCN1CC(=O)N(C)Cc1ccc(Cl)s1.Cl. The van der Waals surface area contributed by atoms with Crippen LogP contribution >= 0.6 is 35.3 Å². The number of thiophene rings is 1. The molecule has 0 radical (unpaired) electrons. The summed E-state index contributed by atoms with van der Waals surface area (Å²) in [6, 6.07) is 12.0. The van der Waals surface area contributed by atoms with Crippen LogP contribution < -0.4 is 10.1 Å². The fourth-order valence-corrected chi connectivity index (χ4v) is 4.38. The van der Waals surface area contributed by atoms with Gasteiger partial charge in [0.25, 0.3) is 0 Å². The molecule has 0 aliphatic carbocycles. The molecule has 1 aliphatic rings. The number of hydrogen-bond donors (Lipinski definition) is 1. The highest BCUT2D eigenvalue weighted by Crippen LogP contribution is 2.30. The van der Waals surface area contributed by atoms with E-state index in [2.05, 4.69) is 16.3 Å². The van der Waals surface area contributed by atoms with Crippen molar-refractivity contribution in [3.63, 3.8) is 0 Å². The summed E-state index contributed by atoms with van der Waals surface area (Å²) in [6.07, 6.45) is 0. The highest BCUT2D eigenvalue weighted by molar-refractivity contribution is 7.16. The first kappa shape index (κ1) is 22.0. The van der Waals surface area contributed by atoms with Gasteiger partial charge in [0, 0.05) is 37.1 Å². The lowest BCUT2D eigenvalue weighted by Gasteiger charge is -2.37. The molecule has 0 spiro atoms. The van der Waals surface area contributed by atoms with Crippen LogP contribution in [0.3, 0.4) is 0 Å². The van der Waals surface area contributed by atoms with Crippen LogP contribution in [0, 0.1) is 0 Å². The van der Waals surface area contributed by atoms with Gasteiger partial charge in [0.15, 0.2) is 0 Å². The van der Waals surface area contributed by atoms with Gasteiger partial charge >= 0.3 is 0 Å². The van der Waals surface area contributed by atoms with Crippen molar-refractivity contribution in [3.8, 4) is 5.75 Å². The Kier molecular flexibility index (Phi) is 8.38. The Balaban J connectivity index is 0.00000261. The van der Waals surface area contributed by atoms with Crippen molar-refractivity contribution in [2.75, 3.05) is 40.3 Å². The molecule has 2 aromatic rings. The number of para-hydroxylation sites is 1. The fourth-order valence-electron chi connectivity index (χ4n) is 3.24. The van der Waals surface area contributed by atoms with Crippen LogP contribution in [0.2, 0.25) is 4.34 Å². The predicted molar refractivity (Wildman–Crippen MR) is 113 cm³/mol. The zero-order valence-electron chi connectivity index (χ0n) is 15.5. The Morgan fingerprint density at radius 2 is 2.15 bits per heavy atom. The number of amides is 1. The highest BCUT2D eigenvalue weighted by Gasteiger charge is 2.28. The van der Waals surface area contributed by atoms with Gasteiger partial charge in [0.1, 0.15) is 5.75 Å². The van der Waals surface area contributed by atoms with Crippen LogP contribution in [0.25, 0.3) is 0 Å². The molecule has 1 atom stereocenters. The average molecular weight is 430 g/mol. The van der Waals surface area contributed by atoms with Crippen LogP contribution in [0.4, 0.5) is 0 Å². The minimum Gasteiger partial charge on any atom is -0.496 e. The molecule has 0 bridgehead atoms. The lowest BCUT2D eigenvalue weighted by atomic mass is 10.0. The van der Waals surface area contributed by atoms with E-state index >= 15 is 0 Å². The van der Waals surface area contributed by atoms with Crippen molar-refractivity contribution in [1.29, 1.82) is 0 Å². The van der Waals surface area contributed by atoms with E-state index in [4.69, 9.17) is 16.3 Å². The first-order valence-corrected chi connectivity index (χ1v) is 9.84. The Morgan fingerprint density at radius 3 is 2.85 bits per heavy atom. The number of carbonyl (C=O) groups is 1. The Labute approximate surface area is 175 Å². The lowest BCUT2D eigenvalue weighted by Crippen LogP contribution is -2.49. The third-order valence-corrected chi connectivity index (χ3v) is 5.85. The van der Waals surface area contributed by atoms with E-state index in [9.17, 15) is 4.79 Å². The molecule has 1 fully saturated rings. The summed E-state index contributed by atoms with van der Waals surface area (Å²) >= 11 is 7.50. The van der Waals surface area contributed by atoms with Crippen LogP contribution in [-0.4, -0.2) is 56.0 Å². The molecule has 1 N–H and O–H groups in total. The molecule has 1 aromatic heterocycles. The summed E-state index contributed by atoms with van der Waals surface area (Å²) in [6.45, 7) is 3.48. The van der Waals surface area contributed by atoms with E-state index in [0.717, 1.165) is 40.2 Å². The highest BCUT2D eigenvalue weighted by atomic mass is 35.5. The van der Waals surface area contributed by atoms with Crippen molar-refractivity contribution in [2.24, 2.45) is 0 Å². The molecule has 1 amide bonds. The van der Waals surface area contributed by atoms with Crippen LogP contribution in [0.15, 0.2) is 36.4 Å². The zero-order chi connectivity index (χ0) is 18.5. The summed E-state index contributed by atoms with van der Waals surface area (Å²) in [7, 11) is 3.53. The number of benzene rings is 1. The lowest BCUT2D eigenvalue weighted by molar-refractivity contribution is -0.132. The van der Waals surface area contributed by atoms with E-state index in [1.807, 2.05) is 37.4 Å². The molecule has 148 valence electrons. The number of nitrogens with zero attached hydrogens (tertiary/aromatic N) is 2. The second kappa shape index (κ2) is 10.3. The summed E-state index contributed by atoms with van der Waals surface area (Å²) in [5.41, 5.74) is 1.11. The van der Waals surface area contributed by atoms with Crippen molar-refractivity contribution >= 4 is 41.3 Å². The smallest absolute Gasteiger partial charge is 0.236 e. The first-order valence-electron chi connectivity index (χ1n) is 8.64. The first-order chi connectivity index (χ1) is 12.6. The minimum atomic E-state index is 0. The van der Waals surface area contributed by atoms with Gasteiger partial charge in [0.05, 0.1) is 30.6 Å². The molecular weight excluding hydrogens is 405 g/mol.